The van der Waals surface area contributed by atoms with Gasteiger partial charge in [0, 0.05) is 49.6 Å². The van der Waals surface area contributed by atoms with Crippen molar-refractivity contribution < 1.29 is 4.79 Å². The first kappa shape index (κ1) is 19.4. The number of amides is 1. The molecule has 1 saturated heterocycles. The van der Waals surface area contributed by atoms with Crippen LogP contribution in [-0.4, -0.2) is 73.0 Å². The molecule has 5 heteroatoms. The van der Waals surface area contributed by atoms with Crippen LogP contribution in [0.15, 0.2) is 17.5 Å². The minimum Gasteiger partial charge on any atom is -0.340 e. The van der Waals surface area contributed by atoms with Crippen LogP contribution in [0.4, 0.5) is 0 Å². The molecule has 1 aromatic rings. The molecule has 2 unspecified atom stereocenters. The summed E-state index contributed by atoms with van der Waals surface area (Å²) in [5, 5.41) is 2.12. The van der Waals surface area contributed by atoms with Gasteiger partial charge in [0.15, 0.2) is 0 Å². The highest BCUT2D eigenvalue weighted by Crippen LogP contribution is 2.18. The quantitative estimate of drug-likeness (QED) is 0.674. The molecule has 0 aromatic carbocycles. The first-order chi connectivity index (χ1) is 11.5. The predicted molar refractivity (Wildman–Crippen MR) is 103 cm³/mol. The molecular weight excluding hydrogens is 318 g/mol. The van der Waals surface area contributed by atoms with Gasteiger partial charge >= 0.3 is 0 Å². The third kappa shape index (κ3) is 5.87. The van der Waals surface area contributed by atoms with E-state index in [-0.39, 0.29) is 0 Å². The van der Waals surface area contributed by atoms with E-state index in [2.05, 4.69) is 60.2 Å². The van der Waals surface area contributed by atoms with Gasteiger partial charge in [-0.15, -0.1) is 11.3 Å². The van der Waals surface area contributed by atoms with E-state index in [1.165, 1.54) is 4.88 Å². The van der Waals surface area contributed by atoms with Gasteiger partial charge in [0.1, 0.15) is 0 Å². The van der Waals surface area contributed by atoms with E-state index in [1.807, 2.05) is 11.3 Å². The number of rotatable bonds is 8. The van der Waals surface area contributed by atoms with Crippen molar-refractivity contribution in [3.8, 4) is 0 Å². The molecule has 0 N–H and O–H groups in total. The molecule has 0 saturated carbocycles. The minimum atomic E-state index is 0.340. The van der Waals surface area contributed by atoms with E-state index in [1.54, 1.807) is 0 Å². The number of hydrogen-bond acceptors (Lipinski definition) is 4. The van der Waals surface area contributed by atoms with E-state index in [0.717, 1.165) is 45.4 Å². The summed E-state index contributed by atoms with van der Waals surface area (Å²) in [6, 6.07) is 5.18. The molecule has 2 heterocycles. The Morgan fingerprint density at radius 2 is 1.96 bits per heavy atom. The lowest BCUT2D eigenvalue weighted by Crippen LogP contribution is -2.59. The molecule has 1 amide bonds. The molecule has 0 spiro atoms. The Kier molecular flexibility index (Phi) is 7.72. The Balaban J connectivity index is 1.71. The maximum absolute atomic E-state index is 12.5. The van der Waals surface area contributed by atoms with Crippen LogP contribution >= 0.6 is 11.3 Å². The Morgan fingerprint density at radius 3 is 2.54 bits per heavy atom. The Hall–Kier alpha value is -0.910. The highest BCUT2D eigenvalue weighted by Gasteiger charge is 2.31. The fourth-order valence-electron chi connectivity index (χ4n) is 3.50. The number of thiophene rings is 1. The molecule has 1 fully saturated rings. The van der Waals surface area contributed by atoms with Crippen molar-refractivity contribution in [1.29, 1.82) is 0 Å². The third-order valence-electron chi connectivity index (χ3n) is 4.90. The van der Waals surface area contributed by atoms with Crippen molar-refractivity contribution in [2.45, 2.75) is 51.6 Å². The van der Waals surface area contributed by atoms with Gasteiger partial charge < -0.3 is 9.80 Å². The van der Waals surface area contributed by atoms with Crippen LogP contribution in [0.5, 0.6) is 0 Å². The maximum atomic E-state index is 12.5. The van der Waals surface area contributed by atoms with Gasteiger partial charge in [-0.25, -0.2) is 0 Å². The summed E-state index contributed by atoms with van der Waals surface area (Å²) in [4.78, 5) is 20.8. The van der Waals surface area contributed by atoms with Gasteiger partial charge in [0.2, 0.25) is 5.91 Å². The molecule has 0 bridgehead atoms. The fourth-order valence-corrected chi connectivity index (χ4v) is 4.26. The fraction of sp³-hybridized carbons (Fsp3) is 0.737. The van der Waals surface area contributed by atoms with Crippen molar-refractivity contribution in [1.82, 2.24) is 14.7 Å². The second-order valence-electron chi connectivity index (χ2n) is 7.32. The Morgan fingerprint density at radius 1 is 1.25 bits per heavy atom. The van der Waals surface area contributed by atoms with E-state index in [0.29, 0.717) is 24.4 Å². The number of carbonyl (C=O) groups is 1. The zero-order valence-corrected chi connectivity index (χ0v) is 16.5. The molecule has 2 atom stereocenters. The summed E-state index contributed by atoms with van der Waals surface area (Å²) in [6.07, 6.45) is 3.92. The largest absolute Gasteiger partial charge is 0.340 e. The lowest BCUT2D eigenvalue weighted by molar-refractivity contribution is -0.135. The van der Waals surface area contributed by atoms with Crippen LogP contribution in [0.1, 0.15) is 38.0 Å². The average molecular weight is 352 g/mol. The molecule has 1 aliphatic heterocycles. The van der Waals surface area contributed by atoms with E-state index in [9.17, 15) is 4.79 Å². The second-order valence-corrected chi connectivity index (χ2v) is 8.36. The van der Waals surface area contributed by atoms with Crippen LogP contribution in [0.3, 0.4) is 0 Å². The van der Waals surface area contributed by atoms with Gasteiger partial charge in [0.05, 0.1) is 0 Å². The van der Waals surface area contributed by atoms with Gasteiger partial charge in [-0.05, 0) is 58.7 Å². The zero-order valence-electron chi connectivity index (χ0n) is 15.7. The number of likely N-dealkylation sites (N-methyl/N-ethyl adjacent to an activating group) is 1. The lowest BCUT2D eigenvalue weighted by Gasteiger charge is -2.45. The van der Waals surface area contributed by atoms with E-state index < -0.39 is 0 Å². The summed E-state index contributed by atoms with van der Waals surface area (Å²) in [5.41, 5.74) is 0. The number of aryl methyl sites for hydroxylation is 1. The number of hydrogen-bond donors (Lipinski definition) is 0. The molecular formula is C19H33N3OS. The number of nitrogens with zero attached hydrogens (tertiary/aromatic N) is 3. The summed E-state index contributed by atoms with van der Waals surface area (Å²) in [5.74, 6) is 0.340. The maximum Gasteiger partial charge on any atom is 0.222 e. The molecule has 4 nitrogen and oxygen atoms in total. The van der Waals surface area contributed by atoms with E-state index >= 15 is 0 Å². The molecule has 0 radical (unpaired) electrons. The first-order valence-corrected chi connectivity index (χ1v) is 10.1. The summed E-state index contributed by atoms with van der Waals surface area (Å²) in [7, 11) is 4.23. The average Bonchev–Trinajstić information content (AvgIpc) is 3.03. The number of piperazine rings is 1. The molecule has 2 rings (SSSR count). The van der Waals surface area contributed by atoms with Crippen LogP contribution < -0.4 is 0 Å². The molecule has 1 aromatic heterocycles. The van der Waals surface area contributed by atoms with Crippen molar-refractivity contribution in [3.05, 3.63) is 22.4 Å². The number of unbranched alkanes of at least 4 members (excludes halogenated alkanes) is 1. The van der Waals surface area contributed by atoms with Gasteiger partial charge in [-0.2, -0.15) is 0 Å². The SMILES string of the molecule is CC1CN(C(=O)CCCCc2cccs2)CC(C)N1CCN(C)C. The van der Waals surface area contributed by atoms with Crippen molar-refractivity contribution in [3.63, 3.8) is 0 Å². The van der Waals surface area contributed by atoms with Gasteiger partial charge in [0.25, 0.3) is 0 Å². The van der Waals surface area contributed by atoms with Gasteiger partial charge in [-0.1, -0.05) is 6.07 Å². The molecule has 0 aliphatic carbocycles. The third-order valence-corrected chi connectivity index (χ3v) is 5.84. The van der Waals surface area contributed by atoms with Crippen molar-refractivity contribution >= 4 is 17.2 Å². The van der Waals surface area contributed by atoms with Gasteiger partial charge in [-0.3, -0.25) is 9.69 Å². The monoisotopic (exact) mass is 351 g/mol. The number of carbonyl (C=O) groups excluding carboxylic acids is 1. The second kappa shape index (κ2) is 9.54. The zero-order chi connectivity index (χ0) is 17.5. The topological polar surface area (TPSA) is 26.8 Å². The van der Waals surface area contributed by atoms with Crippen LogP contribution in [0, 0.1) is 0 Å². The van der Waals surface area contributed by atoms with E-state index in [4.69, 9.17) is 0 Å². The van der Waals surface area contributed by atoms with Crippen molar-refractivity contribution in [2.24, 2.45) is 0 Å². The molecule has 136 valence electrons. The van der Waals surface area contributed by atoms with Crippen LogP contribution in [0.2, 0.25) is 0 Å². The first-order valence-electron chi connectivity index (χ1n) is 9.18. The standard InChI is InChI=1S/C19H33N3OS/c1-16-14-21(15-17(2)22(16)12-11-20(3)4)19(23)10-6-5-8-18-9-7-13-24-18/h7,9,13,16-17H,5-6,8,10-12,14-15H2,1-4H3. The molecule has 24 heavy (non-hydrogen) atoms. The summed E-state index contributed by atoms with van der Waals surface area (Å²) in [6.45, 7) is 8.41. The highest BCUT2D eigenvalue weighted by atomic mass is 32.1. The summed E-state index contributed by atoms with van der Waals surface area (Å²) < 4.78 is 0. The minimum absolute atomic E-state index is 0.340. The molecule has 1 aliphatic rings. The Labute approximate surface area is 151 Å². The summed E-state index contributed by atoms with van der Waals surface area (Å²) >= 11 is 1.81. The van der Waals surface area contributed by atoms with Crippen LogP contribution in [-0.2, 0) is 11.2 Å². The van der Waals surface area contributed by atoms with Crippen molar-refractivity contribution in [2.75, 3.05) is 40.3 Å². The normalized spacial score (nSPS) is 22.3. The smallest absolute Gasteiger partial charge is 0.222 e. The highest BCUT2D eigenvalue weighted by molar-refractivity contribution is 7.09. The Bertz CT molecular complexity index is 477. The van der Waals surface area contributed by atoms with Crippen LogP contribution in [0.25, 0.3) is 0 Å². The lowest BCUT2D eigenvalue weighted by atomic mass is 10.1. The predicted octanol–water partition coefficient (Wildman–Crippen LogP) is 2.94.